The van der Waals surface area contributed by atoms with Crippen molar-refractivity contribution in [3.63, 3.8) is 0 Å². The minimum Gasteiger partial charge on any atom is -0.358 e. The second-order valence-corrected chi connectivity index (χ2v) is 5.18. The molecule has 1 aliphatic heterocycles. The fourth-order valence-electron chi connectivity index (χ4n) is 2.81. The first-order chi connectivity index (χ1) is 9.15. The smallest absolute Gasteiger partial charge is 0.227 e. The lowest BCUT2D eigenvalue weighted by atomic mass is 10.1. The molecule has 0 radical (unpaired) electrons. The number of hydrogen-bond donors (Lipinski definition) is 1. The van der Waals surface area contributed by atoms with Crippen LogP contribution >= 0.6 is 0 Å². The van der Waals surface area contributed by atoms with Gasteiger partial charge in [0.05, 0.1) is 6.42 Å². The highest BCUT2D eigenvalue weighted by molar-refractivity contribution is 5.90. The number of rotatable bonds is 2. The summed E-state index contributed by atoms with van der Waals surface area (Å²) in [4.78, 5) is 17.3. The van der Waals surface area contributed by atoms with Crippen molar-refractivity contribution in [2.24, 2.45) is 0 Å². The van der Waals surface area contributed by atoms with Crippen LogP contribution in [-0.2, 0) is 11.2 Å². The number of halogens is 1. The molecule has 2 heterocycles. The van der Waals surface area contributed by atoms with Gasteiger partial charge in [-0.15, -0.1) is 0 Å². The molecule has 0 saturated carbocycles. The van der Waals surface area contributed by atoms with Gasteiger partial charge in [0.1, 0.15) is 5.82 Å². The van der Waals surface area contributed by atoms with Crippen LogP contribution in [-0.4, -0.2) is 28.9 Å². The lowest BCUT2D eigenvalue weighted by Crippen LogP contribution is -2.29. The molecule has 1 amide bonds. The molecule has 3 nitrogen and oxygen atoms in total. The molecule has 2 aromatic rings. The van der Waals surface area contributed by atoms with Crippen molar-refractivity contribution >= 4 is 16.8 Å². The van der Waals surface area contributed by atoms with Crippen LogP contribution in [0, 0.1) is 12.7 Å². The van der Waals surface area contributed by atoms with Crippen molar-refractivity contribution in [1.82, 2.24) is 9.88 Å². The first kappa shape index (κ1) is 12.2. The zero-order valence-electron chi connectivity index (χ0n) is 11.0. The van der Waals surface area contributed by atoms with Crippen LogP contribution < -0.4 is 0 Å². The van der Waals surface area contributed by atoms with Gasteiger partial charge in [0.15, 0.2) is 0 Å². The minimum atomic E-state index is -0.263. The van der Waals surface area contributed by atoms with Gasteiger partial charge in [-0.1, -0.05) is 0 Å². The summed E-state index contributed by atoms with van der Waals surface area (Å²) in [5.41, 5.74) is 2.77. The van der Waals surface area contributed by atoms with Gasteiger partial charge in [0.25, 0.3) is 0 Å². The number of nitrogens with one attached hydrogen (secondary N) is 1. The van der Waals surface area contributed by atoms with E-state index in [1.54, 1.807) is 6.07 Å². The number of fused-ring (bicyclic) bond motifs is 1. The third-order valence-electron chi connectivity index (χ3n) is 3.87. The molecule has 0 atom stereocenters. The Balaban J connectivity index is 1.93. The van der Waals surface area contributed by atoms with Crippen LogP contribution in [0.15, 0.2) is 18.2 Å². The summed E-state index contributed by atoms with van der Waals surface area (Å²) >= 11 is 0. The average molecular weight is 260 g/mol. The molecule has 1 fully saturated rings. The van der Waals surface area contributed by atoms with Gasteiger partial charge in [-0.2, -0.15) is 0 Å². The van der Waals surface area contributed by atoms with Crippen LogP contribution in [0.25, 0.3) is 10.9 Å². The van der Waals surface area contributed by atoms with E-state index in [1.807, 2.05) is 11.8 Å². The number of H-pyrrole nitrogens is 1. The summed E-state index contributed by atoms with van der Waals surface area (Å²) in [6.45, 7) is 3.65. The monoisotopic (exact) mass is 260 g/mol. The molecular formula is C15H17FN2O. The summed E-state index contributed by atoms with van der Waals surface area (Å²) in [5, 5.41) is 0.824. The normalized spacial score (nSPS) is 15.4. The quantitative estimate of drug-likeness (QED) is 0.885. The van der Waals surface area contributed by atoms with E-state index in [2.05, 4.69) is 4.98 Å². The zero-order valence-corrected chi connectivity index (χ0v) is 11.0. The number of aromatic nitrogens is 1. The topological polar surface area (TPSA) is 36.1 Å². The maximum Gasteiger partial charge on any atom is 0.227 e. The summed E-state index contributed by atoms with van der Waals surface area (Å²) in [6, 6.07) is 4.66. The predicted molar refractivity (Wildman–Crippen MR) is 72.5 cm³/mol. The molecular weight excluding hydrogens is 243 g/mol. The van der Waals surface area contributed by atoms with Crippen LogP contribution in [0.4, 0.5) is 4.39 Å². The molecule has 3 rings (SSSR count). The first-order valence-electron chi connectivity index (χ1n) is 6.69. The van der Waals surface area contributed by atoms with Crippen molar-refractivity contribution in [2.75, 3.05) is 13.1 Å². The Morgan fingerprint density at radius 3 is 2.84 bits per heavy atom. The van der Waals surface area contributed by atoms with Crippen molar-refractivity contribution in [1.29, 1.82) is 0 Å². The van der Waals surface area contributed by atoms with E-state index in [9.17, 15) is 9.18 Å². The van der Waals surface area contributed by atoms with Gasteiger partial charge in [-0.25, -0.2) is 4.39 Å². The van der Waals surface area contributed by atoms with Gasteiger partial charge >= 0.3 is 0 Å². The summed E-state index contributed by atoms with van der Waals surface area (Å²) in [7, 11) is 0. The van der Waals surface area contributed by atoms with E-state index < -0.39 is 0 Å². The Morgan fingerprint density at radius 1 is 1.37 bits per heavy atom. The third-order valence-corrected chi connectivity index (χ3v) is 3.87. The Morgan fingerprint density at radius 2 is 2.11 bits per heavy atom. The first-order valence-corrected chi connectivity index (χ1v) is 6.69. The van der Waals surface area contributed by atoms with E-state index in [4.69, 9.17) is 0 Å². The number of carbonyl (C=O) groups excluding carboxylic acids is 1. The SMILES string of the molecule is Cc1[nH]c2ccc(F)cc2c1CC(=O)N1CCCC1. The zero-order chi connectivity index (χ0) is 13.4. The van der Waals surface area contributed by atoms with Crippen LogP contribution in [0.5, 0.6) is 0 Å². The highest BCUT2D eigenvalue weighted by Gasteiger charge is 2.20. The number of amides is 1. The predicted octanol–water partition coefficient (Wildman–Crippen LogP) is 2.78. The molecule has 0 bridgehead atoms. The van der Waals surface area contributed by atoms with E-state index in [1.165, 1.54) is 12.1 Å². The van der Waals surface area contributed by atoms with Gasteiger partial charge in [-0.3, -0.25) is 4.79 Å². The minimum absolute atomic E-state index is 0.144. The van der Waals surface area contributed by atoms with Gasteiger partial charge in [0, 0.05) is 29.7 Å². The molecule has 0 spiro atoms. The molecule has 1 saturated heterocycles. The molecule has 0 aliphatic carbocycles. The molecule has 1 aromatic carbocycles. The summed E-state index contributed by atoms with van der Waals surface area (Å²) < 4.78 is 13.4. The molecule has 1 aromatic heterocycles. The Labute approximate surface area is 111 Å². The number of aromatic amines is 1. The van der Waals surface area contributed by atoms with Crippen molar-refractivity contribution in [3.8, 4) is 0 Å². The standard InChI is InChI=1S/C15H17FN2O/c1-10-12(9-15(19)18-6-2-3-7-18)13-8-11(16)4-5-14(13)17-10/h4-5,8,17H,2-3,6-7,9H2,1H3. The highest BCUT2D eigenvalue weighted by atomic mass is 19.1. The van der Waals surface area contributed by atoms with Crippen LogP contribution in [0.1, 0.15) is 24.1 Å². The van der Waals surface area contributed by atoms with Crippen molar-refractivity contribution in [3.05, 3.63) is 35.3 Å². The third kappa shape index (κ3) is 2.23. The molecule has 0 unspecified atom stereocenters. The van der Waals surface area contributed by atoms with Gasteiger partial charge < -0.3 is 9.88 Å². The maximum absolute atomic E-state index is 13.4. The Hall–Kier alpha value is -1.84. The largest absolute Gasteiger partial charge is 0.358 e. The van der Waals surface area contributed by atoms with E-state index in [-0.39, 0.29) is 11.7 Å². The number of hydrogen-bond acceptors (Lipinski definition) is 1. The number of carbonyl (C=O) groups is 1. The lowest BCUT2D eigenvalue weighted by molar-refractivity contribution is -0.129. The van der Waals surface area contributed by atoms with Crippen LogP contribution in [0.3, 0.4) is 0 Å². The number of likely N-dealkylation sites (tertiary alicyclic amines) is 1. The highest BCUT2D eigenvalue weighted by Crippen LogP contribution is 2.24. The molecule has 1 N–H and O–H groups in total. The molecule has 1 aliphatic rings. The van der Waals surface area contributed by atoms with Crippen LogP contribution in [0.2, 0.25) is 0 Å². The second-order valence-electron chi connectivity index (χ2n) is 5.18. The maximum atomic E-state index is 13.4. The fraction of sp³-hybridized carbons (Fsp3) is 0.400. The molecule has 4 heteroatoms. The number of aryl methyl sites for hydroxylation is 1. The Bertz CT molecular complexity index is 626. The van der Waals surface area contributed by atoms with Crippen molar-refractivity contribution < 1.29 is 9.18 Å². The van der Waals surface area contributed by atoms with Gasteiger partial charge in [0.2, 0.25) is 5.91 Å². The number of benzene rings is 1. The Kier molecular flexibility index (Phi) is 3.01. The fourth-order valence-corrected chi connectivity index (χ4v) is 2.81. The van der Waals surface area contributed by atoms with E-state index in [0.717, 1.165) is 48.1 Å². The van der Waals surface area contributed by atoms with Crippen molar-refractivity contribution in [2.45, 2.75) is 26.2 Å². The number of nitrogens with zero attached hydrogens (tertiary/aromatic N) is 1. The summed E-state index contributed by atoms with van der Waals surface area (Å²) in [5.74, 6) is -0.118. The lowest BCUT2D eigenvalue weighted by Gasteiger charge is -2.15. The van der Waals surface area contributed by atoms with E-state index in [0.29, 0.717) is 6.42 Å². The second kappa shape index (κ2) is 4.68. The molecule has 19 heavy (non-hydrogen) atoms. The van der Waals surface area contributed by atoms with E-state index >= 15 is 0 Å². The van der Waals surface area contributed by atoms with Gasteiger partial charge in [-0.05, 0) is 43.5 Å². The summed E-state index contributed by atoms with van der Waals surface area (Å²) in [6.07, 6.45) is 2.54. The molecule has 100 valence electrons. The average Bonchev–Trinajstić information content (AvgIpc) is 2.99.